The Kier molecular flexibility index (Phi) is 5.64. The number of nitro groups is 1. The van der Waals surface area contributed by atoms with Crippen LogP contribution in [-0.4, -0.2) is 38.2 Å². The van der Waals surface area contributed by atoms with Crippen LogP contribution in [0.1, 0.15) is 12.5 Å². The van der Waals surface area contributed by atoms with E-state index >= 15 is 0 Å². The van der Waals surface area contributed by atoms with Crippen molar-refractivity contribution in [2.45, 2.75) is 24.4 Å². The van der Waals surface area contributed by atoms with Crippen molar-refractivity contribution in [2.24, 2.45) is 0 Å². The van der Waals surface area contributed by atoms with Crippen LogP contribution in [0.15, 0.2) is 29.4 Å². The molecule has 0 aliphatic heterocycles. The summed E-state index contributed by atoms with van der Waals surface area (Å²) in [7, 11) is 0. The number of nitrogens with zero attached hydrogens (tertiary/aromatic N) is 5. The van der Waals surface area contributed by atoms with Crippen molar-refractivity contribution < 1.29 is 4.92 Å². The third-order valence-corrected chi connectivity index (χ3v) is 3.77. The topological polar surface area (TPSA) is 98.8 Å². The molecule has 0 amide bonds. The van der Waals surface area contributed by atoms with Crippen molar-refractivity contribution in [3.05, 3.63) is 39.9 Å². The zero-order chi connectivity index (χ0) is 15.1. The molecule has 9 heteroatoms. The van der Waals surface area contributed by atoms with Gasteiger partial charge in [0.25, 0.3) is 5.69 Å². The minimum atomic E-state index is -0.394. The van der Waals surface area contributed by atoms with Crippen LogP contribution in [-0.2, 0) is 12.3 Å². The summed E-state index contributed by atoms with van der Waals surface area (Å²) in [5.41, 5.74) is 0.968. The van der Waals surface area contributed by atoms with Gasteiger partial charge < -0.3 is 5.32 Å². The normalized spacial score (nSPS) is 10.7. The Morgan fingerprint density at radius 3 is 3.10 bits per heavy atom. The van der Waals surface area contributed by atoms with E-state index in [-0.39, 0.29) is 5.69 Å². The molecule has 2 rings (SSSR count). The molecular formula is C12H16N6O2S. The molecule has 1 aromatic carbocycles. The minimum absolute atomic E-state index is 0.0971. The first kappa shape index (κ1) is 15.4. The highest BCUT2D eigenvalue weighted by atomic mass is 32.2. The number of nitro benzene ring substituents is 1. The number of nitrogens with one attached hydrogen (secondary N) is 1. The molecule has 8 nitrogen and oxygen atoms in total. The summed E-state index contributed by atoms with van der Waals surface area (Å²) >= 11 is 1.46. The van der Waals surface area contributed by atoms with Crippen molar-refractivity contribution in [3.8, 4) is 0 Å². The van der Waals surface area contributed by atoms with Crippen LogP contribution in [0.3, 0.4) is 0 Å². The lowest BCUT2D eigenvalue weighted by Gasteiger charge is -2.04. The van der Waals surface area contributed by atoms with Crippen LogP contribution in [0.4, 0.5) is 5.69 Å². The summed E-state index contributed by atoms with van der Waals surface area (Å²) in [5.74, 6) is 0.587. The maximum absolute atomic E-state index is 10.7. The molecule has 0 spiro atoms. The molecule has 0 atom stereocenters. The van der Waals surface area contributed by atoms with E-state index < -0.39 is 4.92 Å². The molecule has 0 aliphatic carbocycles. The fraction of sp³-hybridized carbons (Fsp3) is 0.417. The largest absolute Gasteiger partial charge is 0.315 e. The first-order chi connectivity index (χ1) is 10.2. The van der Waals surface area contributed by atoms with Gasteiger partial charge in [0.1, 0.15) is 0 Å². The summed E-state index contributed by atoms with van der Waals surface area (Å²) in [6, 6.07) is 6.59. The Morgan fingerprint density at radius 1 is 1.48 bits per heavy atom. The van der Waals surface area contributed by atoms with Gasteiger partial charge in [-0.15, -0.1) is 5.10 Å². The molecule has 0 saturated heterocycles. The van der Waals surface area contributed by atoms with Gasteiger partial charge in [-0.05, 0) is 22.5 Å². The highest BCUT2D eigenvalue weighted by Gasteiger charge is 2.09. The number of tetrazole rings is 1. The highest BCUT2D eigenvalue weighted by Crippen LogP contribution is 2.22. The second kappa shape index (κ2) is 7.70. The summed E-state index contributed by atoms with van der Waals surface area (Å²) < 4.78 is 1.73. The average Bonchev–Trinajstić information content (AvgIpc) is 2.93. The zero-order valence-electron chi connectivity index (χ0n) is 11.6. The number of rotatable bonds is 8. The lowest BCUT2D eigenvalue weighted by molar-refractivity contribution is -0.384. The van der Waals surface area contributed by atoms with E-state index in [0.717, 1.165) is 18.7 Å². The van der Waals surface area contributed by atoms with Crippen LogP contribution in [0.5, 0.6) is 0 Å². The standard InChI is InChI=1S/C12H16N6O2S/c1-2-13-6-7-17-12(14-15-16-17)21-9-10-4-3-5-11(8-10)18(19)20/h3-5,8,13H,2,6-7,9H2,1H3. The maximum Gasteiger partial charge on any atom is 0.269 e. The van der Waals surface area contributed by atoms with E-state index in [4.69, 9.17) is 0 Å². The summed E-state index contributed by atoms with van der Waals surface area (Å²) in [4.78, 5) is 10.3. The van der Waals surface area contributed by atoms with Gasteiger partial charge in [-0.1, -0.05) is 30.8 Å². The van der Waals surface area contributed by atoms with E-state index in [1.54, 1.807) is 16.8 Å². The SMILES string of the molecule is CCNCCn1nnnc1SCc1cccc([N+](=O)[O-])c1. The Balaban J connectivity index is 1.95. The fourth-order valence-corrected chi connectivity index (χ4v) is 2.56. The first-order valence-electron chi connectivity index (χ1n) is 6.53. The second-order valence-corrected chi connectivity index (χ2v) is 5.20. The van der Waals surface area contributed by atoms with Crippen molar-refractivity contribution in [3.63, 3.8) is 0 Å². The van der Waals surface area contributed by atoms with Crippen LogP contribution in [0.25, 0.3) is 0 Å². The van der Waals surface area contributed by atoms with Gasteiger partial charge >= 0.3 is 0 Å². The van der Waals surface area contributed by atoms with Crippen LogP contribution < -0.4 is 5.32 Å². The third-order valence-electron chi connectivity index (χ3n) is 2.74. The quantitative estimate of drug-likeness (QED) is 0.341. The van der Waals surface area contributed by atoms with E-state index in [1.807, 2.05) is 13.0 Å². The molecule has 0 fully saturated rings. The molecule has 0 saturated carbocycles. The van der Waals surface area contributed by atoms with E-state index in [1.165, 1.54) is 17.8 Å². The number of hydrogen-bond donors (Lipinski definition) is 1. The Morgan fingerprint density at radius 2 is 2.33 bits per heavy atom. The van der Waals surface area contributed by atoms with Gasteiger partial charge in [0, 0.05) is 24.4 Å². The number of hydrogen-bond acceptors (Lipinski definition) is 7. The smallest absolute Gasteiger partial charge is 0.269 e. The molecule has 2 aromatic rings. The van der Waals surface area contributed by atoms with Crippen LogP contribution in [0.2, 0.25) is 0 Å². The number of benzene rings is 1. The molecule has 1 heterocycles. The van der Waals surface area contributed by atoms with Gasteiger partial charge in [-0.2, -0.15) is 0 Å². The monoisotopic (exact) mass is 308 g/mol. The van der Waals surface area contributed by atoms with Crippen LogP contribution >= 0.6 is 11.8 Å². The molecule has 0 unspecified atom stereocenters. The van der Waals surface area contributed by atoms with Gasteiger partial charge in [0.2, 0.25) is 5.16 Å². The van der Waals surface area contributed by atoms with Crippen molar-refractivity contribution in [1.82, 2.24) is 25.5 Å². The third kappa shape index (κ3) is 4.50. The molecule has 112 valence electrons. The van der Waals surface area contributed by atoms with E-state index in [2.05, 4.69) is 20.8 Å². The number of non-ortho nitro benzene ring substituents is 1. The molecule has 0 aliphatic rings. The lowest BCUT2D eigenvalue weighted by Crippen LogP contribution is -2.20. The predicted molar refractivity (Wildman–Crippen MR) is 79.0 cm³/mol. The van der Waals surface area contributed by atoms with E-state index in [0.29, 0.717) is 17.5 Å². The molecule has 1 N–H and O–H groups in total. The minimum Gasteiger partial charge on any atom is -0.315 e. The Labute approximate surface area is 126 Å². The predicted octanol–water partition coefficient (Wildman–Crippen LogP) is 1.48. The maximum atomic E-state index is 10.7. The van der Waals surface area contributed by atoms with Crippen molar-refractivity contribution >= 4 is 17.4 Å². The Hall–Kier alpha value is -2.00. The number of likely N-dealkylation sites (N-methyl/N-ethyl adjacent to an activating group) is 1. The summed E-state index contributed by atoms with van der Waals surface area (Å²) in [6.07, 6.45) is 0. The summed E-state index contributed by atoms with van der Waals surface area (Å²) in [5, 5.41) is 26.2. The zero-order valence-corrected chi connectivity index (χ0v) is 12.4. The van der Waals surface area contributed by atoms with Crippen LogP contribution in [0, 0.1) is 10.1 Å². The summed E-state index contributed by atoms with van der Waals surface area (Å²) in [6.45, 7) is 4.43. The highest BCUT2D eigenvalue weighted by molar-refractivity contribution is 7.98. The number of thioether (sulfide) groups is 1. The van der Waals surface area contributed by atoms with Crippen molar-refractivity contribution in [1.29, 1.82) is 0 Å². The number of aromatic nitrogens is 4. The van der Waals surface area contributed by atoms with Gasteiger partial charge in [-0.25, -0.2) is 4.68 Å². The first-order valence-corrected chi connectivity index (χ1v) is 7.52. The molecule has 1 aromatic heterocycles. The van der Waals surface area contributed by atoms with Gasteiger partial charge in [-0.3, -0.25) is 10.1 Å². The molecule has 0 radical (unpaired) electrons. The van der Waals surface area contributed by atoms with E-state index in [9.17, 15) is 10.1 Å². The molecular weight excluding hydrogens is 292 g/mol. The average molecular weight is 308 g/mol. The molecule has 21 heavy (non-hydrogen) atoms. The van der Waals surface area contributed by atoms with Gasteiger partial charge in [0.05, 0.1) is 11.5 Å². The second-order valence-electron chi connectivity index (χ2n) is 4.25. The Bertz CT molecular complexity index is 603. The fourth-order valence-electron chi connectivity index (χ4n) is 1.71. The molecule has 0 bridgehead atoms. The van der Waals surface area contributed by atoms with Gasteiger partial charge in [0.15, 0.2) is 0 Å². The lowest BCUT2D eigenvalue weighted by atomic mass is 10.2. The van der Waals surface area contributed by atoms with Crippen molar-refractivity contribution in [2.75, 3.05) is 13.1 Å².